The molecule has 0 atom stereocenters. The summed E-state index contributed by atoms with van der Waals surface area (Å²) in [4.78, 5) is 23.3. The van der Waals surface area contributed by atoms with Crippen molar-refractivity contribution in [2.45, 2.75) is 13.8 Å². The number of aryl methyl sites for hydroxylation is 2. The first-order valence-electron chi connectivity index (χ1n) is 6.99. The van der Waals surface area contributed by atoms with Crippen molar-refractivity contribution in [1.29, 1.82) is 0 Å². The molecule has 0 fully saturated rings. The minimum absolute atomic E-state index is 0.0337. The van der Waals surface area contributed by atoms with Crippen molar-refractivity contribution in [1.82, 2.24) is 0 Å². The highest BCUT2D eigenvalue weighted by atomic mass is 16.4. The molecule has 1 heterocycles. The van der Waals surface area contributed by atoms with Crippen LogP contribution < -0.4 is 5.43 Å². The van der Waals surface area contributed by atoms with Crippen molar-refractivity contribution in [2.24, 2.45) is 0 Å². The predicted molar refractivity (Wildman–Crippen MR) is 86.0 cm³/mol. The zero-order valence-electron chi connectivity index (χ0n) is 12.6. The molecule has 0 radical (unpaired) electrons. The summed E-state index contributed by atoms with van der Waals surface area (Å²) in [6, 6.07) is 9.34. The quantitative estimate of drug-likeness (QED) is 0.756. The van der Waals surface area contributed by atoms with E-state index in [2.05, 4.69) is 0 Å². The third-order valence-electron chi connectivity index (χ3n) is 3.69. The van der Waals surface area contributed by atoms with Crippen molar-refractivity contribution in [3.63, 3.8) is 0 Å². The van der Waals surface area contributed by atoms with E-state index in [-0.39, 0.29) is 11.3 Å². The van der Waals surface area contributed by atoms with Crippen molar-refractivity contribution in [3.05, 3.63) is 63.3 Å². The van der Waals surface area contributed by atoms with E-state index in [9.17, 15) is 14.7 Å². The van der Waals surface area contributed by atoms with Crippen molar-refractivity contribution in [3.8, 4) is 17.1 Å². The van der Waals surface area contributed by atoms with Gasteiger partial charge in [0.05, 0.1) is 10.9 Å². The number of hydrogen-bond acceptors (Lipinski definition) is 4. The highest BCUT2D eigenvalue weighted by Gasteiger charge is 2.17. The first-order valence-corrected chi connectivity index (χ1v) is 6.99. The highest BCUT2D eigenvalue weighted by molar-refractivity contribution is 5.89. The van der Waals surface area contributed by atoms with Crippen LogP contribution >= 0.6 is 0 Å². The molecule has 3 rings (SSSR count). The van der Waals surface area contributed by atoms with Crippen LogP contribution in [0.25, 0.3) is 22.3 Å². The van der Waals surface area contributed by atoms with E-state index in [0.717, 1.165) is 11.1 Å². The summed E-state index contributed by atoms with van der Waals surface area (Å²) in [7, 11) is 0. The van der Waals surface area contributed by atoms with Gasteiger partial charge in [-0.15, -0.1) is 0 Å². The van der Waals surface area contributed by atoms with E-state index >= 15 is 0 Å². The SMILES string of the molecule is Cc1cc(C)c2oc(-c3ccc(C(=O)O)cc3)c(O)c(=O)c2c1. The molecule has 0 aliphatic carbocycles. The first-order chi connectivity index (χ1) is 10.9. The number of carboxylic acids is 1. The molecule has 0 bridgehead atoms. The summed E-state index contributed by atoms with van der Waals surface area (Å²) in [6.45, 7) is 3.69. The molecular weight excluding hydrogens is 296 g/mol. The van der Waals surface area contributed by atoms with Crippen molar-refractivity contribution < 1.29 is 19.4 Å². The summed E-state index contributed by atoms with van der Waals surface area (Å²) in [5.41, 5.74) is 2.15. The lowest BCUT2D eigenvalue weighted by molar-refractivity contribution is 0.0697. The van der Waals surface area contributed by atoms with E-state index < -0.39 is 17.1 Å². The van der Waals surface area contributed by atoms with Gasteiger partial charge in [-0.25, -0.2) is 4.79 Å². The minimum Gasteiger partial charge on any atom is -0.502 e. The standard InChI is InChI=1S/C18H14O5/c1-9-7-10(2)16-13(8-9)14(19)15(20)17(23-16)11-3-5-12(6-4-11)18(21)22/h3-8,20H,1-2H3,(H,21,22). The Morgan fingerprint density at radius 2 is 1.74 bits per heavy atom. The molecule has 1 aromatic heterocycles. The molecule has 2 N–H and O–H groups in total. The number of carboxylic acid groups (broad SMARTS) is 1. The summed E-state index contributed by atoms with van der Waals surface area (Å²) in [6.07, 6.45) is 0. The molecule has 23 heavy (non-hydrogen) atoms. The van der Waals surface area contributed by atoms with Gasteiger partial charge in [-0.3, -0.25) is 4.79 Å². The maximum absolute atomic E-state index is 12.4. The third-order valence-corrected chi connectivity index (χ3v) is 3.69. The van der Waals surface area contributed by atoms with Gasteiger partial charge in [-0.1, -0.05) is 18.2 Å². The van der Waals surface area contributed by atoms with E-state index in [4.69, 9.17) is 9.52 Å². The molecule has 3 aromatic rings. The van der Waals surface area contributed by atoms with Crippen LogP contribution in [-0.4, -0.2) is 16.2 Å². The van der Waals surface area contributed by atoms with Gasteiger partial charge < -0.3 is 14.6 Å². The summed E-state index contributed by atoms with van der Waals surface area (Å²) >= 11 is 0. The zero-order valence-corrected chi connectivity index (χ0v) is 12.6. The molecule has 0 saturated heterocycles. The zero-order chi connectivity index (χ0) is 16.7. The van der Waals surface area contributed by atoms with Gasteiger partial charge in [0.2, 0.25) is 11.2 Å². The lowest BCUT2D eigenvalue weighted by Gasteiger charge is -2.09. The van der Waals surface area contributed by atoms with E-state index in [1.165, 1.54) is 24.3 Å². The number of aromatic carboxylic acids is 1. The molecule has 0 spiro atoms. The molecule has 0 aliphatic rings. The lowest BCUT2D eigenvalue weighted by atomic mass is 10.0. The molecular formula is C18H14O5. The largest absolute Gasteiger partial charge is 0.502 e. The number of aromatic hydroxyl groups is 1. The third kappa shape index (κ3) is 2.46. The number of carbonyl (C=O) groups is 1. The van der Waals surface area contributed by atoms with E-state index in [1.807, 2.05) is 19.9 Å². The van der Waals surface area contributed by atoms with Crippen molar-refractivity contribution in [2.75, 3.05) is 0 Å². The van der Waals surface area contributed by atoms with Crippen molar-refractivity contribution >= 4 is 16.9 Å². The Bertz CT molecular complexity index is 981. The Hall–Kier alpha value is -3.08. The average molecular weight is 310 g/mol. The van der Waals surface area contributed by atoms with E-state index in [1.54, 1.807) is 6.07 Å². The van der Waals surface area contributed by atoms with Crippen LogP contribution in [0.5, 0.6) is 5.75 Å². The summed E-state index contributed by atoms with van der Waals surface area (Å²) in [5.74, 6) is -1.50. The molecule has 116 valence electrons. The van der Waals surface area contributed by atoms with Gasteiger partial charge >= 0.3 is 5.97 Å². The number of benzene rings is 2. The lowest BCUT2D eigenvalue weighted by Crippen LogP contribution is -2.04. The van der Waals surface area contributed by atoms with Gasteiger partial charge in [0.25, 0.3) is 0 Å². The second kappa shape index (κ2) is 5.28. The van der Waals surface area contributed by atoms with Crippen LogP contribution in [0.3, 0.4) is 0 Å². The van der Waals surface area contributed by atoms with Crippen LogP contribution in [0.1, 0.15) is 21.5 Å². The topological polar surface area (TPSA) is 87.7 Å². The highest BCUT2D eigenvalue weighted by Crippen LogP contribution is 2.31. The summed E-state index contributed by atoms with van der Waals surface area (Å²) < 4.78 is 5.75. The van der Waals surface area contributed by atoms with Gasteiger partial charge in [0.15, 0.2) is 5.76 Å². The fraction of sp³-hybridized carbons (Fsp3) is 0.111. The van der Waals surface area contributed by atoms with Gasteiger partial charge in [0.1, 0.15) is 5.58 Å². The molecule has 0 aliphatic heterocycles. The van der Waals surface area contributed by atoms with Gasteiger partial charge in [-0.05, 0) is 43.2 Å². The fourth-order valence-electron chi connectivity index (χ4n) is 2.60. The molecule has 0 amide bonds. The van der Waals surface area contributed by atoms with Gasteiger partial charge in [0, 0.05) is 5.56 Å². The first kappa shape index (κ1) is 14.8. The number of hydrogen-bond donors (Lipinski definition) is 2. The maximum Gasteiger partial charge on any atom is 0.335 e. The second-order valence-corrected chi connectivity index (χ2v) is 5.45. The average Bonchev–Trinajstić information content (AvgIpc) is 2.51. The predicted octanol–water partition coefficient (Wildman–Crippen LogP) is 3.48. The molecule has 0 unspecified atom stereocenters. The Morgan fingerprint density at radius 3 is 2.35 bits per heavy atom. The Morgan fingerprint density at radius 1 is 1.09 bits per heavy atom. The second-order valence-electron chi connectivity index (χ2n) is 5.45. The molecule has 5 nitrogen and oxygen atoms in total. The Balaban J connectivity index is 2.28. The minimum atomic E-state index is -1.05. The monoisotopic (exact) mass is 310 g/mol. The van der Waals surface area contributed by atoms with Crippen LogP contribution in [-0.2, 0) is 0 Å². The molecule has 0 saturated carbocycles. The smallest absolute Gasteiger partial charge is 0.335 e. The summed E-state index contributed by atoms with van der Waals surface area (Å²) in [5, 5.41) is 19.4. The van der Waals surface area contributed by atoms with Crippen LogP contribution in [0, 0.1) is 13.8 Å². The Labute approximate surface area is 131 Å². The van der Waals surface area contributed by atoms with Gasteiger partial charge in [-0.2, -0.15) is 0 Å². The number of fused-ring (bicyclic) bond motifs is 1. The molecule has 5 heteroatoms. The Kier molecular flexibility index (Phi) is 3.41. The normalized spacial score (nSPS) is 10.9. The van der Waals surface area contributed by atoms with Crippen LogP contribution in [0.15, 0.2) is 45.6 Å². The van der Waals surface area contributed by atoms with Crippen LogP contribution in [0.2, 0.25) is 0 Å². The molecule has 2 aromatic carbocycles. The number of rotatable bonds is 2. The fourth-order valence-corrected chi connectivity index (χ4v) is 2.60. The van der Waals surface area contributed by atoms with Crippen LogP contribution in [0.4, 0.5) is 0 Å². The van der Waals surface area contributed by atoms with E-state index in [0.29, 0.717) is 16.5 Å². The maximum atomic E-state index is 12.4.